The molecule has 1 aromatic heterocycles. The van der Waals surface area contributed by atoms with Crippen molar-refractivity contribution in [1.82, 2.24) is 15.6 Å². The van der Waals surface area contributed by atoms with E-state index < -0.39 is 17.6 Å². The molecule has 0 aliphatic carbocycles. The molecule has 5 nitrogen and oxygen atoms in total. The molecule has 0 saturated heterocycles. The van der Waals surface area contributed by atoms with Gasteiger partial charge in [-0.15, -0.1) is 10.2 Å². The molecular weight excluding hydrogens is 349 g/mol. The molecule has 0 spiro atoms. The van der Waals surface area contributed by atoms with Crippen molar-refractivity contribution in [3.8, 4) is 0 Å². The Hall–Kier alpha value is -1.94. The molecular formula is C13H11F3N4OS2. The Morgan fingerprint density at radius 1 is 1.39 bits per heavy atom. The van der Waals surface area contributed by atoms with Gasteiger partial charge in [0.15, 0.2) is 4.34 Å². The highest BCUT2D eigenvalue weighted by atomic mass is 32.2. The number of aromatic nitrogens is 2. The Balaban J connectivity index is 1.90. The zero-order chi connectivity index (χ0) is 16.9. The number of aryl methyl sites for hydroxylation is 1. The van der Waals surface area contributed by atoms with Crippen LogP contribution in [0.5, 0.6) is 0 Å². The van der Waals surface area contributed by atoms with Crippen molar-refractivity contribution in [1.29, 1.82) is 0 Å². The van der Waals surface area contributed by atoms with Crippen molar-refractivity contribution in [2.75, 3.05) is 5.75 Å². The molecule has 23 heavy (non-hydrogen) atoms. The van der Waals surface area contributed by atoms with Gasteiger partial charge in [0.1, 0.15) is 5.01 Å². The molecule has 2 aromatic rings. The van der Waals surface area contributed by atoms with Gasteiger partial charge in [-0.2, -0.15) is 18.3 Å². The highest BCUT2D eigenvalue weighted by Crippen LogP contribution is 2.31. The predicted molar refractivity (Wildman–Crippen MR) is 82.6 cm³/mol. The van der Waals surface area contributed by atoms with Gasteiger partial charge in [-0.1, -0.05) is 41.3 Å². The van der Waals surface area contributed by atoms with Crippen LogP contribution in [-0.2, 0) is 11.0 Å². The third-order valence-corrected chi connectivity index (χ3v) is 4.47. The van der Waals surface area contributed by atoms with Gasteiger partial charge in [-0.05, 0) is 13.0 Å². The van der Waals surface area contributed by atoms with Gasteiger partial charge in [-0.25, -0.2) is 5.43 Å². The van der Waals surface area contributed by atoms with Crippen LogP contribution in [-0.4, -0.2) is 28.1 Å². The number of hydrogen-bond acceptors (Lipinski definition) is 6. The van der Waals surface area contributed by atoms with Gasteiger partial charge in [0, 0.05) is 5.56 Å². The van der Waals surface area contributed by atoms with Crippen molar-refractivity contribution in [3.63, 3.8) is 0 Å². The van der Waals surface area contributed by atoms with E-state index in [1.165, 1.54) is 41.3 Å². The van der Waals surface area contributed by atoms with Crippen LogP contribution in [0.1, 0.15) is 16.1 Å². The summed E-state index contributed by atoms with van der Waals surface area (Å²) in [5.41, 5.74) is 1.26. The fourth-order valence-electron chi connectivity index (χ4n) is 1.54. The summed E-state index contributed by atoms with van der Waals surface area (Å²) >= 11 is 2.53. The first-order valence-electron chi connectivity index (χ1n) is 6.27. The number of alkyl halides is 3. The number of hydrogen-bond donors (Lipinski definition) is 1. The number of rotatable bonds is 5. The molecule has 1 heterocycles. The van der Waals surface area contributed by atoms with Crippen molar-refractivity contribution in [2.45, 2.75) is 17.4 Å². The highest BCUT2D eigenvalue weighted by molar-refractivity contribution is 8.01. The van der Waals surface area contributed by atoms with Crippen LogP contribution in [0, 0.1) is 6.92 Å². The predicted octanol–water partition coefficient (Wildman–Crippen LogP) is 3.11. The van der Waals surface area contributed by atoms with E-state index in [0.717, 1.165) is 17.3 Å². The van der Waals surface area contributed by atoms with Crippen molar-refractivity contribution in [3.05, 3.63) is 40.4 Å². The molecule has 0 atom stereocenters. The maximum absolute atomic E-state index is 12.8. The van der Waals surface area contributed by atoms with Crippen molar-refractivity contribution >= 4 is 35.2 Å². The molecule has 1 amide bonds. The minimum Gasteiger partial charge on any atom is -0.272 e. The lowest BCUT2D eigenvalue weighted by Gasteiger charge is -2.09. The number of halogens is 3. The molecule has 10 heteroatoms. The van der Waals surface area contributed by atoms with E-state index in [2.05, 4.69) is 20.7 Å². The number of carbonyl (C=O) groups is 1. The van der Waals surface area contributed by atoms with Crippen LogP contribution < -0.4 is 5.43 Å². The first-order chi connectivity index (χ1) is 10.9. The van der Waals surface area contributed by atoms with E-state index in [1.807, 2.05) is 0 Å². The number of amides is 1. The molecule has 2 rings (SSSR count). The monoisotopic (exact) mass is 360 g/mol. The SMILES string of the molecule is Cc1nnc(SCC(=O)N/N=C\c2ccccc2C(F)(F)F)s1. The zero-order valence-corrected chi connectivity index (χ0v) is 13.4. The number of hydrazone groups is 1. The van der Waals surface area contributed by atoms with Crippen LogP contribution in [0.4, 0.5) is 13.2 Å². The summed E-state index contributed by atoms with van der Waals surface area (Å²) in [5.74, 6) is -0.393. The van der Waals surface area contributed by atoms with Gasteiger partial charge >= 0.3 is 6.18 Å². The number of carbonyl (C=O) groups excluding carboxylic acids is 1. The average molecular weight is 360 g/mol. The van der Waals surface area contributed by atoms with E-state index in [4.69, 9.17) is 0 Å². The Bertz CT molecular complexity index is 715. The normalized spacial score (nSPS) is 11.8. The minimum atomic E-state index is -4.47. The van der Waals surface area contributed by atoms with Crippen LogP contribution >= 0.6 is 23.1 Å². The van der Waals surface area contributed by atoms with Gasteiger partial charge < -0.3 is 0 Å². The fourth-order valence-corrected chi connectivity index (χ4v) is 3.15. The smallest absolute Gasteiger partial charge is 0.272 e. The van der Waals surface area contributed by atoms with E-state index in [9.17, 15) is 18.0 Å². The Kier molecular flexibility index (Phi) is 5.72. The standard InChI is InChI=1S/C13H11F3N4OS2/c1-8-18-20-12(23-8)22-7-11(21)19-17-6-9-4-2-3-5-10(9)13(14,15)16/h2-6H,7H2,1H3,(H,19,21)/b17-6-. The molecule has 0 bridgehead atoms. The Labute approximate surface area is 138 Å². The number of benzene rings is 1. The van der Waals surface area contributed by atoms with Crippen LogP contribution in [0.25, 0.3) is 0 Å². The molecule has 122 valence electrons. The average Bonchev–Trinajstić information content (AvgIpc) is 2.90. The van der Waals surface area contributed by atoms with Gasteiger partial charge in [-0.3, -0.25) is 4.79 Å². The summed E-state index contributed by atoms with van der Waals surface area (Å²) in [6, 6.07) is 4.99. The van der Waals surface area contributed by atoms with Crippen molar-refractivity contribution in [2.24, 2.45) is 5.10 Å². The van der Waals surface area contributed by atoms with E-state index >= 15 is 0 Å². The maximum Gasteiger partial charge on any atom is 0.417 e. The number of nitrogens with zero attached hydrogens (tertiary/aromatic N) is 3. The lowest BCUT2D eigenvalue weighted by Crippen LogP contribution is -2.20. The maximum atomic E-state index is 12.8. The fraction of sp³-hybridized carbons (Fsp3) is 0.231. The molecule has 1 aromatic carbocycles. The quantitative estimate of drug-likeness (QED) is 0.505. The van der Waals surface area contributed by atoms with Crippen molar-refractivity contribution < 1.29 is 18.0 Å². The lowest BCUT2D eigenvalue weighted by molar-refractivity contribution is -0.137. The molecule has 0 radical (unpaired) electrons. The second-order valence-corrected chi connectivity index (χ2v) is 6.66. The molecule has 0 aliphatic rings. The highest BCUT2D eigenvalue weighted by Gasteiger charge is 2.32. The molecule has 0 aliphatic heterocycles. The summed E-state index contributed by atoms with van der Waals surface area (Å²) in [6.45, 7) is 1.80. The first kappa shape index (κ1) is 17.4. The van der Waals surface area contributed by atoms with Gasteiger partial charge in [0.25, 0.3) is 5.91 Å². The Morgan fingerprint density at radius 3 is 2.78 bits per heavy atom. The molecule has 0 unspecified atom stereocenters. The van der Waals surface area contributed by atoms with E-state index in [1.54, 1.807) is 6.92 Å². The van der Waals surface area contributed by atoms with E-state index in [-0.39, 0.29) is 11.3 Å². The second-order valence-electron chi connectivity index (χ2n) is 4.25. The summed E-state index contributed by atoms with van der Waals surface area (Å²) in [4.78, 5) is 11.6. The summed E-state index contributed by atoms with van der Waals surface area (Å²) in [5, 5.41) is 12.0. The van der Waals surface area contributed by atoms with Gasteiger partial charge in [0.2, 0.25) is 0 Å². The third kappa shape index (κ3) is 5.32. The summed E-state index contributed by atoms with van der Waals surface area (Å²) < 4.78 is 39.0. The zero-order valence-electron chi connectivity index (χ0n) is 11.8. The van der Waals surface area contributed by atoms with Crippen LogP contribution in [0.3, 0.4) is 0 Å². The first-order valence-corrected chi connectivity index (χ1v) is 8.07. The number of nitrogens with one attached hydrogen (secondary N) is 1. The molecule has 0 fully saturated rings. The van der Waals surface area contributed by atoms with E-state index in [0.29, 0.717) is 4.34 Å². The largest absolute Gasteiger partial charge is 0.417 e. The third-order valence-electron chi connectivity index (χ3n) is 2.49. The Morgan fingerprint density at radius 2 is 2.13 bits per heavy atom. The number of thioether (sulfide) groups is 1. The molecule has 0 saturated carbocycles. The lowest BCUT2D eigenvalue weighted by atomic mass is 10.1. The summed E-state index contributed by atoms with van der Waals surface area (Å²) in [7, 11) is 0. The molecule has 1 N–H and O–H groups in total. The second kappa shape index (κ2) is 7.55. The topological polar surface area (TPSA) is 67.2 Å². The van der Waals surface area contributed by atoms with Crippen LogP contribution in [0.2, 0.25) is 0 Å². The summed E-state index contributed by atoms with van der Waals surface area (Å²) in [6.07, 6.45) is -3.50. The minimum absolute atomic E-state index is 0.0485. The van der Waals surface area contributed by atoms with Crippen LogP contribution in [0.15, 0.2) is 33.7 Å². The van der Waals surface area contributed by atoms with Gasteiger partial charge in [0.05, 0.1) is 17.5 Å².